The van der Waals surface area contributed by atoms with Gasteiger partial charge in [-0.05, 0) is 32.0 Å². The van der Waals surface area contributed by atoms with E-state index in [1.165, 1.54) is 0 Å². The van der Waals surface area contributed by atoms with E-state index in [9.17, 15) is 0 Å². The third-order valence-electron chi connectivity index (χ3n) is 2.91. The van der Waals surface area contributed by atoms with Gasteiger partial charge in [0, 0.05) is 19.1 Å². The number of ether oxygens (including phenoxy) is 3. The van der Waals surface area contributed by atoms with Crippen molar-refractivity contribution in [2.24, 2.45) is 0 Å². The summed E-state index contributed by atoms with van der Waals surface area (Å²) in [6, 6.07) is 5.84. The first-order chi connectivity index (χ1) is 7.55. The molecule has 0 fully saturated rings. The third kappa shape index (κ3) is 2.00. The summed E-state index contributed by atoms with van der Waals surface area (Å²) in [5.74, 6) is 1.73. The largest absolute Gasteiger partial charge is 0.497 e. The Morgan fingerprint density at radius 3 is 2.69 bits per heavy atom. The van der Waals surface area contributed by atoms with Crippen LogP contribution in [0, 0.1) is 0 Å². The molecule has 2 rings (SSSR count). The van der Waals surface area contributed by atoms with Crippen LogP contribution in [-0.2, 0) is 4.74 Å². The SMILES string of the molecule is COc1ccc2c(c1)C(OC)CC(C)(C)O2. The molecule has 1 heterocycles. The van der Waals surface area contributed by atoms with Gasteiger partial charge in [0.25, 0.3) is 0 Å². The van der Waals surface area contributed by atoms with Crippen LogP contribution in [0.1, 0.15) is 31.9 Å². The van der Waals surface area contributed by atoms with Crippen molar-refractivity contribution in [3.63, 3.8) is 0 Å². The highest BCUT2D eigenvalue weighted by Crippen LogP contribution is 2.42. The fourth-order valence-corrected chi connectivity index (χ4v) is 2.10. The molecule has 3 nitrogen and oxygen atoms in total. The van der Waals surface area contributed by atoms with Crippen LogP contribution in [0.4, 0.5) is 0 Å². The predicted molar refractivity (Wildman–Crippen MR) is 62.1 cm³/mol. The molecule has 1 aliphatic rings. The Bertz CT molecular complexity index is 385. The van der Waals surface area contributed by atoms with E-state index < -0.39 is 0 Å². The second kappa shape index (κ2) is 3.98. The van der Waals surface area contributed by atoms with E-state index in [-0.39, 0.29) is 11.7 Å². The van der Waals surface area contributed by atoms with E-state index in [1.807, 2.05) is 18.2 Å². The second-order valence-corrected chi connectivity index (χ2v) is 4.69. The van der Waals surface area contributed by atoms with Crippen LogP contribution in [0.3, 0.4) is 0 Å². The van der Waals surface area contributed by atoms with Crippen LogP contribution in [0.2, 0.25) is 0 Å². The average molecular weight is 222 g/mol. The maximum absolute atomic E-state index is 5.92. The van der Waals surface area contributed by atoms with Crippen LogP contribution < -0.4 is 9.47 Å². The zero-order valence-electron chi connectivity index (χ0n) is 10.2. The molecule has 1 unspecified atom stereocenters. The normalized spacial score (nSPS) is 22.1. The zero-order chi connectivity index (χ0) is 11.8. The van der Waals surface area contributed by atoms with Gasteiger partial charge in [0.1, 0.15) is 17.1 Å². The van der Waals surface area contributed by atoms with Gasteiger partial charge >= 0.3 is 0 Å². The van der Waals surface area contributed by atoms with E-state index >= 15 is 0 Å². The Labute approximate surface area is 96.3 Å². The standard InChI is InChI=1S/C13H18O3/c1-13(2)8-12(15-4)10-7-9(14-3)5-6-11(10)16-13/h5-7,12H,8H2,1-4H3. The van der Waals surface area contributed by atoms with Crippen LogP contribution in [-0.4, -0.2) is 19.8 Å². The van der Waals surface area contributed by atoms with Gasteiger partial charge in [-0.2, -0.15) is 0 Å². The summed E-state index contributed by atoms with van der Waals surface area (Å²) in [6.45, 7) is 4.15. The summed E-state index contributed by atoms with van der Waals surface area (Å²) in [5, 5.41) is 0. The number of fused-ring (bicyclic) bond motifs is 1. The lowest BCUT2D eigenvalue weighted by atomic mass is 9.91. The summed E-state index contributed by atoms with van der Waals surface area (Å²) in [7, 11) is 3.40. The molecule has 1 aromatic rings. The fourth-order valence-electron chi connectivity index (χ4n) is 2.10. The van der Waals surface area contributed by atoms with Crippen LogP contribution in [0.15, 0.2) is 18.2 Å². The van der Waals surface area contributed by atoms with Crippen molar-refractivity contribution in [1.82, 2.24) is 0 Å². The van der Waals surface area contributed by atoms with Crippen molar-refractivity contribution in [3.05, 3.63) is 23.8 Å². The van der Waals surface area contributed by atoms with Gasteiger partial charge in [0.2, 0.25) is 0 Å². The Balaban J connectivity index is 2.42. The molecule has 1 atom stereocenters. The minimum absolute atomic E-state index is 0.0776. The van der Waals surface area contributed by atoms with Gasteiger partial charge in [-0.15, -0.1) is 0 Å². The molecule has 1 aromatic carbocycles. The first-order valence-corrected chi connectivity index (χ1v) is 5.45. The van der Waals surface area contributed by atoms with Crippen molar-refractivity contribution in [1.29, 1.82) is 0 Å². The van der Waals surface area contributed by atoms with Gasteiger partial charge in [-0.1, -0.05) is 0 Å². The first-order valence-electron chi connectivity index (χ1n) is 5.45. The summed E-state index contributed by atoms with van der Waals surface area (Å²) < 4.78 is 16.6. The minimum Gasteiger partial charge on any atom is -0.497 e. The lowest BCUT2D eigenvalue weighted by molar-refractivity contribution is -0.0110. The summed E-state index contributed by atoms with van der Waals surface area (Å²) in [6.07, 6.45) is 0.928. The summed E-state index contributed by atoms with van der Waals surface area (Å²) in [4.78, 5) is 0. The lowest BCUT2D eigenvalue weighted by Gasteiger charge is -2.37. The molecule has 16 heavy (non-hydrogen) atoms. The van der Waals surface area contributed by atoms with Crippen molar-refractivity contribution < 1.29 is 14.2 Å². The molecule has 0 aliphatic carbocycles. The molecule has 0 radical (unpaired) electrons. The molecule has 88 valence electrons. The Kier molecular flexibility index (Phi) is 2.80. The lowest BCUT2D eigenvalue weighted by Crippen LogP contribution is -2.35. The van der Waals surface area contributed by atoms with E-state index in [4.69, 9.17) is 14.2 Å². The Morgan fingerprint density at radius 2 is 2.06 bits per heavy atom. The summed E-state index contributed by atoms with van der Waals surface area (Å²) in [5.41, 5.74) is 0.892. The number of hydrogen-bond donors (Lipinski definition) is 0. The number of benzene rings is 1. The van der Waals surface area contributed by atoms with Gasteiger partial charge in [-0.25, -0.2) is 0 Å². The van der Waals surface area contributed by atoms with Gasteiger partial charge < -0.3 is 14.2 Å². The molecule has 0 amide bonds. The Morgan fingerprint density at radius 1 is 1.31 bits per heavy atom. The topological polar surface area (TPSA) is 27.7 Å². The number of methoxy groups -OCH3 is 2. The van der Waals surface area contributed by atoms with E-state index in [1.54, 1.807) is 14.2 Å². The maximum atomic E-state index is 5.92. The fraction of sp³-hybridized carbons (Fsp3) is 0.538. The van der Waals surface area contributed by atoms with Crippen LogP contribution in [0.5, 0.6) is 11.5 Å². The maximum Gasteiger partial charge on any atom is 0.126 e. The molecule has 0 aromatic heterocycles. The molecular weight excluding hydrogens is 204 g/mol. The third-order valence-corrected chi connectivity index (χ3v) is 2.91. The van der Waals surface area contributed by atoms with Gasteiger partial charge in [-0.3, -0.25) is 0 Å². The smallest absolute Gasteiger partial charge is 0.126 e. The van der Waals surface area contributed by atoms with Gasteiger partial charge in [0.15, 0.2) is 0 Å². The van der Waals surface area contributed by atoms with E-state index in [0.29, 0.717) is 0 Å². The van der Waals surface area contributed by atoms with Crippen molar-refractivity contribution >= 4 is 0 Å². The monoisotopic (exact) mass is 222 g/mol. The van der Waals surface area contributed by atoms with Crippen LogP contribution >= 0.6 is 0 Å². The average Bonchev–Trinajstić information content (AvgIpc) is 2.26. The van der Waals surface area contributed by atoms with Crippen LogP contribution in [0.25, 0.3) is 0 Å². The number of rotatable bonds is 2. The Hall–Kier alpha value is -1.22. The van der Waals surface area contributed by atoms with Crippen molar-refractivity contribution in [3.8, 4) is 11.5 Å². The number of hydrogen-bond acceptors (Lipinski definition) is 3. The highest BCUT2D eigenvalue weighted by Gasteiger charge is 2.33. The quantitative estimate of drug-likeness (QED) is 0.770. The molecule has 0 spiro atoms. The highest BCUT2D eigenvalue weighted by molar-refractivity contribution is 5.43. The minimum atomic E-state index is -0.178. The van der Waals surface area contributed by atoms with Crippen molar-refractivity contribution in [2.75, 3.05) is 14.2 Å². The van der Waals surface area contributed by atoms with E-state index in [2.05, 4.69) is 13.8 Å². The zero-order valence-corrected chi connectivity index (χ0v) is 10.2. The van der Waals surface area contributed by atoms with Gasteiger partial charge in [0.05, 0.1) is 13.2 Å². The first kappa shape index (κ1) is 11.3. The molecule has 1 aliphatic heterocycles. The molecule has 0 saturated heterocycles. The molecule has 0 bridgehead atoms. The van der Waals surface area contributed by atoms with E-state index in [0.717, 1.165) is 23.5 Å². The molecular formula is C13H18O3. The predicted octanol–water partition coefficient (Wildman–Crippen LogP) is 2.94. The van der Waals surface area contributed by atoms with Crippen molar-refractivity contribution in [2.45, 2.75) is 32.0 Å². The molecule has 3 heteroatoms. The second-order valence-electron chi connectivity index (χ2n) is 4.69. The summed E-state index contributed by atoms with van der Waals surface area (Å²) >= 11 is 0. The molecule has 0 N–H and O–H groups in total. The highest BCUT2D eigenvalue weighted by atomic mass is 16.5. The molecule has 0 saturated carbocycles.